The summed E-state index contributed by atoms with van der Waals surface area (Å²) in [5, 5.41) is 4.07. The molecule has 116 valence electrons. The fourth-order valence-corrected chi connectivity index (χ4v) is 5.76. The van der Waals surface area contributed by atoms with Gasteiger partial charge >= 0.3 is 0 Å². The van der Waals surface area contributed by atoms with Crippen molar-refractivity contribution >= 4 is 5.71 Å². The predicted octanol–water partition coefficient (Wildman–Crippen LogP) is 3.00. The SMILES string of the molecule is CON=C1CCC2(CC1)OOC1(O2)C2CC3CC(C2)C1C3. The van der Waals surface area contributed by atoms with E-state index in [1.165, 1.54) is 25.7 Å². The van der Waals surface area contributed by atoms with Crippen LogP contribution >= 0.6 is 0 Å². The monoisotopic (exact) mass is 293 g/mol. The van der Waals surface area contributed by atoms with Gasteiger partial charge in [-0.2, -0.15) is 9.78 Å². The normalized spacial score (nSPS) is 54.0. The van der Waals surface area contributed by atoms with E-state index in [9.17, 15) is 0 Å². The Morgan fingerprint density at radius 2 is 1.95 bits per heavy atom. The molecule has 5 aliphatic carbocycles. The van der Waals surface area contributed by atoms with Crippen molar-refractivity contribution in [1.29, 1.82) is 0 Å². The van der Waals surface area contributed by atoms with Crippen LogP contribution in [0.1, 0.15) is 51.4 Å². The van der Waals surface area contributed by atoms with Gasteiger partial charge in [0.1, 0.15) is 7.11 Å². The van der Waals surface area contributed by atoms with Crippen molar-refractivity contribution < 1.29 is 19.3 Å². The van der Waals surface area contributed by atoms with Gasteiger partial charge in [0.15, 0.2) is 0 Å². The molecule has 1 aliphatic heterocycles. The van der Waals surface area contributed by atoms with Crippen LogP contribution in [0.5, 0.6) is 0 Å². The summed E-state index contributed by atoms with van der Waals surface area (Å²) in [4.78, 5) is 16.7. The number of hydrogen-bond donors (Lipinski definition) is 0. The highest BCUT2D eigenvalue weighted by Crippen LogP contribution is 2.67. The van der Waals surface area contributed by atoms with E-state index in [1.54, 1.807) is 7.11 Å². The number of hydrogen-bond acceptors (Lipinski definition) is 5. The molecule has 0 N–H and O–H groups in total. The minimum Gasteiger partial charge on any atom is -0.399 e. The quantitative estimate of drug-likeness (QED) is 0.551. The van der Waals surface area contributed by atoms with E-state index in [4.69, 9.17) is 19.3 Å². The van der Waals surface area contributed by atoms with Gasteiger partial charge in [-0.3, -0.25) is 0 Å². The maximum atomic E-state index is 6.59. The summed E-state index contributed by atoms with van der Waals surface area (Å²) in [6.07, 6.45) is 8.59. The molecule has 6 fully saturated rings. The first-order valence-electron chi connectivity index (χ1n) is 8.39. The summed E-state index contributed by atoms with van der Waals surface area (Å²) in [6, 6.07) is 0. The third-order valence-corrected chi connectivity index (χ3v) is 6.56. The zero-order valence-corrected chi connectivity index (χ0v) is 12.5. The van der Waals surface area contributed by atoms with Crippen LogP contribution in [0.4, 0.5) is 0 Å². The average Bonchev–Trinajstić information content (AvgIpc) is 3.06. The van der Waals surface area contributed by atoms with Crippen molar-refractivity contribution in [2.24, 2.45) is 28.8 Å². The predicted molar refractivity (Wildman–Crippen MR) is 74.1 cm³/mol. The topological polar surface area (TPSA) is 49.3 Å². The number of ether oxygens (including phenoxy) is 1. The van der Waals surface area contributed by atoms with Gasteiger partial charge in [0.2, 0.25) is 11.6 Å². The molecular formula is C16H23NO4. The molecule has 0 radical (unpaired) electrons. The lowest BCUT2D eigenvalue weighted by Gasteiger charge is -2.39. The van der Waals surface area contributed by atoms with Crippen molar-refractivity contribution in [3.8, 4) is 0 Å². The summed E-state index contributed by atoms with van der Waals surface area (Å²) >= 11 is 0. The lowest BCUT2D eigenvalue weighted by atomic mass is 9.78. The Labute approximate surface area is 124 Å². The molecule has 0 aromatic carbocycles. The molecule has 5 unspecified atom stereocenters. The van der Waals surface area contributed by atoms with E-state index < -0.39 is 11.6 Å². The number of rotatable bonds is 1. The molecule has 0 amide bonds. The van der Waals surface area contributed by atoms with Crippen LogP contribution in [-0.4, -0.2) is 24.4 Å². The molecule has 2 spiro atoms. The summed E-state index contributed by atoms with van der Waals surface area (Å²) in [5.74, 6) is 1.88. The van der Waals surface area contributed by atoms with Crippen LogP contribution in [-0.2, 0) is 19.3 Å². The van der Waals surface area contributed by atoms with E-state index in [2.05, 4.69) is 5.16 Å². The van der Waals surface area contributed by atoms with Gasteiger partial charge in [-0.1, -0.05) is 5.16 Å². The number of oxime groups is 1. The molecule has 4 bridgehead atoms. The second-order valence-electron chi connectivity index (χ2n) is 7.61. The van der Waals surface area contributed by atoms with Gasteiger partial charge in [0.05, 0.1) is 5.71 Å². The van der Waals surface area contributed by atoms with E-state index in [-0.39, 0.29) is 0 Å². The minimum absolute atomic E-state index is 0.423. The molecular weight excluding hydrogens is 270 g/mol. The van der Waals surface area contributed by atoms with Crippen molar-refractivity contribution in [3.05, 3.63) is 0 Å². The van der Waals surface area contributed by atoms with Gasteiger partial charge < -0.3 is 9.57 Å². The highest BCUT2D eigenvalue weighted by Gasteiger charge is 2.70. The molecule has 6 aliphatic rings. The van der Waals surface area contributed by atoms with Crippen LogP contribution in [0.2, 0.25) is 0 Å². The summed E-state index contributed by atoms with van der Waals surface area (Å²) < 4.78 is 6.59. The molecule has 5 heteroatoms. The largest absolute Gasteiger partial charge is 0.399 e. The summed E-state index contributed by atoms with van der Waals surface area (Å²) in [5.41, 5.74) is 1.10. The molecule has 5 saturated carbocycles. The van der Waals surface area contributed by atoms with Gasteiger partial charge in [-0.15, -0.1) is 0 Å². The highest BCUT2D eigenvalue weighted by atomic mass is 17.3. The Morgan fingerprint density at radius 1 is 1.10 bits per heavy atom. The Kier molecular flexibility index (Phi) is 2.57. The van der Waals surface area contributed by atoms with Crippen molar-refractivity contribution in [1.82, 2.24) is 0 Å². The standard InChI is InChI=1S/C16H23NO4/c1-18-17-13-2-4-15(5-3-13)19-16(21-20-15)12-7-10-6-11(9-12)14(16)8-10/h10-12,14H,2-9H2,1H3. The molecule has 0 aromatic rings. The second-order valence-corrected chi connectivity index (χ2v) is 7.61. The summed E-state index contributed by atoms with van der Waals surface area (Å²) in [6.45, 7) is 0. The smallest absolute Gasteiger partial charge is 0.210 e. The van der Waals surface area contributed by atoms with Crippen LogP contribution in [0.3, 0.4) is 0 Å². The van der Waals surface area contributed by atoms with E-state index in [0.29, 0.717) is 11.8 Å². The first-order valence-corrected chi connectivity index (χ1v) is 8.39. The zero-order chi connectivity index (χ0) is 14.1. The molecule has 21 heavy (non-hydrogen) atoms. The van der Waals surface area contributed by atoms with Gasteiger partial charge in [-0.05, 0) is 50.4 Å². The van der Waals surface area contributed by atoms with Gasteiger partial charge in [-0.25, -0.2) is 0 Å². The Balaban J connectivity index is 1.37. The lowest BCUT2D eigenvalue weighted by Crippen LogP contribution is -2.47. The van der Waals surface area contributed by atoms with E-state index >= 15 is 0 Å². The molecule has 5 nitrogen and oxygen atoms in total. The van der Waals surface area contributed by atoms with Gasteiger partial charge in [0.25, 0.3) is 0 Å². The van der Waals surface area contributed by atoms with Gasteiger partial charge in [0, 0.05) is 24.7 Å². The lowest BCUT2D eigenvalue weighted by molar-refractivity contribution is -0.369. The first kappa shape index (κ1) is 12.9. The van der Waals surface area contributed by atoms with Crippen molar-refractivity contribution in [2.45, 2.75) is 62.9 Å². The van der Waals surface area contributed by atoms with E-state index in [1.807, 2.05) is 0 Å². The maximum absolute atomic E-state index is 6.59. The maximum Gasteiger partial charge on any atom is 0.210 e. The third-order valence-electron chi connectivity index (χ3n) is 6.56. The van der Waals surface area contributed by atoms with Crippen LogP contribution in [0, 0.1) is 23.7 Å². The van der Waals surface area contributed by atoms with E-state index in [0.717, 1.165) is 43.2 Å². The minimum atomic E-state index is -0.532. The van der Waals surface area contributed by atoms with Crippen molar-refractivity contribution in [2.75, 3.05) is 7.11 Å². The first-order chi connectivity index (χ1) is 10.2. The summed E-state index contributed by atoms with van der Waals surface area (Å²) in [7, 11) is 1.60. The zero-order valence-electron chi connectivity index (χ0n) is 12.5. The fraction of sp³-hybridized carbons (Fsp3) is 0.938. The molecule has 5 atom stereocenters. The molecule has 6 rings (SSSR count). The van der Waals surface area contributed by atoms with Crippen LogP contribution in [0.15, 0.2) is 5.16 Å². The van der Waals surface area contributed by atoms with Crippen LogP contribution in [0.25, 0.3) is 0 Å². The molecule has 1 saturated heterocycles. The second kappa shape index (κ2) is 4.21. The Hall–Kier alpha value is -0.650. The Morgan fingerprint density at radius 3 is 2.71 bits per heavy atom. The highest BCUT2D eigenvalue weighted by molar-refractivity contribution is 5.84. The van der Waals surface area contributed by atoms with Crippen LogP contribution < -0.4 is 0 Å². The fourth-order valence-electron chi connectivity index (χ4n) is 5.76. The van der Waals surface area contributed by atoms with Crippen molar-refractivity contribution in [3.63, 3.8) is 0 Å². The third kappa shape index (κ3) is 1.65. The average molecular weight is 293 g/mol. The number of nitrogens with zero attached hydrogens (tertiary/aromatic N) is 1. The Bertz CT molecular complexity index is 479. The molecule has 1 heterocycles. The molecule has 0 aromatic heterocycles.